The molecule has 0 radical (unpaired) electrons. The van der Waals surface area contributed by atoms with Crippen LogP contribution in [0, 0.1) is 11.8 Å². The van der Waals surface area contributed by atoms with Crippen molar-refractivity contribution in [2.75, 3.05) is 6.54 Å². The highest BCUT2D eigenvalue weighted by Crippen LogP contribution is 2.37. The Morgan fingerprint density at radius 2 is 1.90 bits per heavy atom. The number of carbonyl (C=O) groups excluding carboxylic acids is 1. The number of rotatable bonds is 6. The molecule has 0 aromatic heterocycles. The Kier molecular flexibility index (Phi) is 6.42. The Labute approximate surface area is 167 Å². The predicted octanol–water partition coefficient (Wildman–Crippen LogP) is 2.77. The van der Waals surface area contributed by atoms with E-state index in [9.17, 15) is 26.4 Å². The third kappa shape index (κ3) is 5.42. The number of halogens is 3. The van der Waals surface area contributed by atoms with Crippen LogP contribution in [0.2, 0.25) is 0 Å². The lowest BCUT2D eigenvalue weighted by Gasteiger charge is -2.35. The first-order valence-corrected chi connectivity index (χ1v) is 11.2. The summed E-state index contributed by atoms with van der Waals surface area (Å²) in [5.41, 5.74) is 6.01. The van der Waals surface area contributed by atoms with Crippen molar-refractivity contribution in [1.82, 2.24) is 5.32 Å². The van der Waals surface area contributed by atoms with Gasteiger partial charge < -0.3 is 15.8 Å². The zero-order chi connectivity index (χ0) is 21.2. The van der Waals surface area contributed by atoms with Crippen molar-refractivity contribution >= 4 is 15.7 Å². The largest absolute Gasteiger partial charge is 0.573 e. The van der Waals surface area contributed by atoms with Crippen LogP contribution in [0.5, 0.6) is 5.75 Å². The number of alkyl halides is 3. The number of amides is 1. The lowest BCUT2D eigenvalue weighted by Crippen LogP contribution is -2.47. The molecular weight excluding hydrogens is 409 g/mol. The molecule has 2 atom stereocenters. The first-order valence-electron chi connectivity index (χ1n) is 9.69. The first kappa shape index (κ1) is 21.9. The maximum absolute atomic E-state index is 12.7. The molecule has 29 heavy (non-hydrogen) atoms. The number of nitrogens with two attached hydrogens (primary N) is 1. The van der Waals surface area contributed by atoms with E-state index in [1.807, 2.05) is 0 Å². The summed E-state index contributed by atoms with van der Waals surface area (Å²) in [6, 6.07) is 4.30. The number of nitrogens with one attached hydrogen (secondary N) is 1. The van der Waals surface area contributed by atoms with Crippen molar-refractivity contribution in [3.8, 4) is 5.75 Å². The van der Waals surface area contributed by atoms with Gasteiger partial charge >= 0.3 is 6.36 Å². The van der Waals surface area contributed by atoms with E-state index in [0.717, 1.165) is 37.8 Å². The molecule has 6 nitrogen and oxygen atoms in total. The fourth-order valence-electron chi connectivity index (χ4n) is 4.00. The third-order valence-corrected chi connectivity index (χ3v) is 7.89. The number of hydrogen-bond acceptors (Lipinski definition) is 5. The van der Waals surface area contributed by atoms with Crippen LogP contribution in [-0.2, 0) is 14.6 Å². The van der Waals surface area contributed by atoms with Gasteiger partial charge in [-0.3, -0.25) is 4.79 Å². The second kappa shape index (κ2) is 8.51. The van der Waals surface area contributed by atoms with Crippen LogP contribution in [0.3, 0.4) is 0 Å². The molecule has 2 saturated carbocycles. The van der Waals surface area contributed by atoms with Gasteiger partial charge in [-0.25, -0.2) is 8.42 Å². The van der Waals surface area contributed by atoms with Crippen molar-refractivity contribution in [2.24, 2.45) is 17.6 Å². The Bertz CT molecular complexity index is 838. The zero-order valence-corrected chi connectivity index (χ0v) is 16.6. The fourth-order valence-corrected chi connectivity index (χ4v) is 5.98. The average Bonchev–Trinajstić information content (AvgIpc) is 2.59. The highest BCUT2D eigenvalue weighted by molar-refractivity contribution is 7.92. The molecule has 0 bridgehead atoms. The average molecular weight is 434 g/mol. The van der Waals surface area contributed by atoms with E-state index < -0.39 is 27.2 Å². The number of sulfone groups is 1. The normalized spacial score (nSPS) is 27.7. The molecule has 3 N–H and O–H groups in total. The van der Waals surface area contributed by atoms with E-state index in [1.165, 1.54) is 12.1 Å². The van der Waals surface area contributed by atoms with Crippen LogP contribution in [0.25, 0.3) is 0 Å². The van der Waals surface area contributed by atoms with Crippen LogP contribution in [0.4, 0.5) is 13.2 Å². The van der Waals surface area contributed by atoms with Crippen molar-refractivity contribution in [3.05, 3.63) is 24.3 Å². The van der Waals surface area contributed by atoms with Crippen molar-refractivity contribution in [3.63, 3.8) is 0 Å². The standard InChI is InChI=1S/C19H25F3N2O4S/c20-19(21,22)28-13-4-3-5-14(10-13)29(26,27)15-8-12(9-15)11-24-18(25)16-6-1-2-7-17(16)23/h3-5,10,12,15-17H,1-2,6-9,11,23H2,(H,24,25)/t12-,15-,16-,17-/m0/s1. The van der Waals surface area contributed by atoms with Gasteiger partial charge in [0.25, 0.3) is 0 Å². The highest BCUT2D eigenvalue weighted by Gasteiger charge is 2.40. The summed E-state index contributed by atoms with van der Waals surface area (Å²) < 4.78 is 66.2. The molecule has 2 fully saturated rings. The second-order valence-electron chi connectivity index (χ2n) is 7.83. The molecule has 2 aliphatic carbocycles. The first-order chi connectivity index (χ1) is 13.6. The quantitative estimate of drug-likeness (QED) is 0.718. The molecule has 3 rings (SSSR count). The molecule has 0 heterocycles. The predicted molar refractivity (Wildman–Crippen MR) is 99.8 cm³/mol. The van der Waals surface area contributed by atoms with Gasteiger partial charge in [0.1, 0.15) is 5.75 Å². The SMILES string of the molecule is N[C@H]1CCCC[C@@H]1C(=O)NC[C@H]1C[C@H](S(=O)(=O)c2cccc(OC(F)(F)F)c2)C1. The highest BCUT2D eigenvalue weighted by atomic mass is 32.2. The summed E-state index contributed by atoms with van der Waals surface area (Å²) in [6.07, 6.45) is -0.574. The summed E-state index contributed by atoms with van der Waals surface area (Å²) in [5, 5.41) is 2.19. The van der Waals surface area contributed by atoms with Crippen LogP contribution < -0.4 is 15.8 Å². The topological polar surface area (TPSA) is 98.5 Å². The summed E-state index contributed by atoms with van der Waals surface area (Å²) in [7, 11) is -3.76. The minimum atomic E-state index is -4.89. The van der Waals surface area contributed by atoms with Crippen molar-refractivity contribution < 1.29 is 31.1 Å². The third-order valence-electron chi connectivity index (χ3n) is 5.72. The maximum Gasteiger partial charge on any atom is 0.573 e. The smallest absolute Gasteiger partial charge is 0.406 e. The van der Waals surface area contributed by atoms with Gasteiger partial charge in [0, 0.05) is 12.6 Å². The lowest BCUT2D eigenvalue weighted by atomic mass is 9.83. The molecule has 1 aromatic carbocycles. The molecule has 0 aliphatic heterocycles. The summed E-state index contributed by atoms with van der Waals surface area (Å²) in [6.45, 7) is 0.380. The molecule has 1 aromatic rings. The van der Waals surface area contributed by atoms with E-state index in [4.69, 9.17) is 5.73 Å². The van der Waals surface area contributed by atoms with E-state index in [0.29, 0.717) is 19.4 Å². The zero-order valence-electron chi connectivity index (χ0n) is 15.8. The van der Waals surface area contributed by atoms with E-state index in [-0.39, 0.29) is 28.7 Å². The monoisotopic (exact) mass is 434 g/mol. The van der Waals surface area contributed by atoms with Crippen molar-refractivity contribution in [1.29, 1.82) is 0 Å². The van der Waals surface area contributed by atoms with Gasteiger partial charge in [0.05, 0.1) is 16.1 Å². The number of hydrogen-bond donors (Lipinski definition) is 2. The van der Waals surface area contributed by atoms with Gasteiger partial charge in [-0.2, -0.15) is 0 Å². The van der Waals surface area contributed by atoms with Crippen LogP contribution >= 0.6 is 0 Å². The van der Waals surface area contributed by atoms with E-state index >= 15 is 0 Å². The van der Waals surface area contributed by atoms with E-state index in [2.05, 4.69) is 10.1 Å². The van der Waals surface area contributed by atoms with Crippen molar-refractivity contribution in [2.45, 2.75) is 61.1 Å². The summed E-state index contributed by atoms with van der Waals surface area (Å²) in [4.78, 5) is 12.1. The Morgan fingerprint density at radius 3 is 2.55 bits per heavy atom. The number of ether oxygens (including phenoxy) is 1. The molecule has 0 spiro atoms. The van der Waals surface area contributed by atoms with Crippen LogP contribution in [0.1, 0.15) is 38.5 Å². The molecule has 10 heteroatoms. The van der Waals surface area contributed by atoms with Gasteiger partial charge in [-0.15, -0.1) is 13.2 Å². The molecule has 0 saturated heterocycles. The fraction of sp³-hybridized carbons (Fsp3) is 0.632. The minimum Gasteiger partial charge on any atom is -0.406 e. The van der Waals surface area contributed by atoms with Gasteiger partial charge in [0.15, 0.2) is 9.84 Å². The number of benzene rings is 1. The van der Waals surface area contributed by atoms with Gasteiger partial charge in [-0.05, 0) is 49.8 Å². The summed E-state index contributed by atoms with van der Waals surface area (Å²) in [5.74, 6) is -0.820. The maximum atomic E-state index is 12.7. The molecule has 1 amide bonds. The summed E-state index contributed by atoms with van der Waals surface area (Å²) >= 11 is 0. The Morgan fingerprint density at radius 1 is 1.21 bits per heavy atom. The van der Waals surface area contributed by atoms with E-state index in [1.54, 1.807) is 0 Å². The van der Waals surface area contributed by atoms with Crippen LogP contribution in [-0.4, -0.2) is 38.5 Å². The molecule has 2 aliphatic rings. The van der Waals surface area contributed by atoms with Gasteiger partial charge in [0.2, 0.25) is 5.91 Å². The van der Waals surface area contributed by atoms with Crippen LogP contribution in [0.15, 0.2) is 29.2 Å². The molecule has 0 unspecified atom stereocenters. The second-order valence-corrected chi connectivity index (χ2v) is 10.1. The minimum absolute atomic E-state index is 0.0214. The van der Waals surface area contributed by atoms with Gasteiger partial charge in [-0.1, -0.05) is 18.9 Å². The Balaban J connectivity index is 1.52. The number of carbonyl (C=O) groups is 1. The molecular formula is C19H25F3N2O4S. The Hall–Kier alpha value is -1.81. The molecule has 162 valence electrons. The lowest BCUT2D eigenvalue weighted by molar-refractivity contribution is -0.274.